The predicted molar refractivity (Wildman–Crippen MR) is 81.5 cm³/mol. The highest BCUT2D eigenvalue weighted by Gasteiger charge is 2.53. The van der Waals surface area contributed by atoms with Gasteiger partial charge in [0.2, 0.25) is 0 Å². The van der Waals surface area contributed by atoms with Gasteiger partial charge in [0.15, 0.2) is 0 Å². The van der Waals surface area contributed by atoms with Crippen LogP contribution in [0.15, 0.2) is 0 Å². The van der Waals surface area contributed by atoms with Gasteiger partial charge < -0.3 is 10.6 Å². The standard InChI is InChI=1S/C17H28N2O2/c1-3-4-18-15(20)16(21)19-11(2)17-8-12-5-13(9-17)7-14(6-12)10-17/h11-14H,3-10H2,1-2H3,(H,18,20)(H,19,21). The van der Waals surface area contributed by atoms with Gasteiger partial charge in [-0.1, -0.05) is 6.92 Å². The fourth-order valence-electron chi connectivity index (χ4n) is 5.44. The third kappa shape index (κ3) is 2.82. The first-order chi connectivity index (χ1) is 10.0. The average molecular weight is 292 g/mol. The molecule has 0 aromatic heterocycles. The lowest BCUT2D eigenvalue weighted by atomic mass is 9.48. The van der Waals surface area contributed by atoms with Crippen molar-refractivity contribution in [2.24, 2.45) is 23.2 Å². The molecule has 0 aromatic carbocycles. The number of amides is 2. The second-order valence-corrected chi connectivity index (χ2v) is 7.73. The van der Waals surface area contributed by atoms with Crippen LogP contribution in [-0.4, -0.2) is 24.4 Å². The summed E-state index contributed by atoms with van der Waals surface area (Å²) in [7, 11) is 0. The molecule has 4 bridgehead atoms. The zero-order chi connectivity index (χ0) is 15.0. The first-order valence-corrected chi connectivity index (χ1v) is 8.61. The molecule has 2 N–H and O–H groups in total. The van der Waals surface area contributed by atoms with Crippen molar-refractivity contribution in [3.8, 4) is 0 Å². The van der Waals surface area contributed by atoms with Crippen LogP contribution in [0.2, 0.25) is 0 Å². The van der Waals surface area contributed by atoms with E-state index in [0.29, 0.717) is 6.54 Å². The Balaban J connectivity index is 1.61. The molecular formula is C17H28N2O2. The molecule has 21 heavy (non-hydrogen) atoms. The number of rotatable bonds is 4. The summed E-state index contributed by atoms with van der Waals surface area (Å²) in [5.41, 5.74) is 0.259. The monoisotopic (exact) mass is 292 g/mol. The Morgan fingerprint density at radius 2 is 1.57 bits per heavy atom. The zero-order valence-corrected chi connectivity index (χ0v) is 13.3. The van der Waals surface area contributed by atoms with E-state index in [1.165, 1.54) is 38.5 Å². The van der Waals surface area contributed by atoms with Crippen molar-refractivity contribution in [3.63, 3.8) is 0 Å². The van der Waals surface area contributed by atoms with E-state index in [2.05, 4.69) is 17.6 Å². The smallest absolute Gasteiger partial charge is 0.309 e. The Hall–Kier alpha value is -1.06. The summed E-state index contributed by atoms with van der Waals surface area (Å²) in [5.74, 6) is 1.67. The Labute approximate surface area is 127 Å². The molecule has 4 rings (SSSR count). The predicted octanol–water partition coefficient (Wildman–Crippen LogP) is 2.23. The molecule has 2 amide bonds. The van der Waals surface area contributed by atoms with Gasteiger partial charge in [0.25, 0.3) is 0 Å². The summed E-state index contributed by atoms with van der Waals surface area (Å²) < 4.78 is 0. The minimum atomic E-state index is -0.478. The van der Waals surface area contributed by atoms with Crippen LogP contribution in [0.4, 0.5) is 0 Å². The van der Waals surface area contributed by atoms with E-state index in [1.54, 1.807) is 0 Å². The molecule has 0 radical (unpaired) electrons. The van der Waals surface area contributed by atoms with E-state index in [0.717, 1.165) is 24.2 Å². The van der Waals surface area contributed by atoms with Crippen molar-refractivity contribution in [1.29, 1.82) is 0 Å². The number of hydrogen-bond acceptors (Lipinski definition) is 2. The van der Waals surface area contributed by atoms with Crippen molar-refractivity contribution >= 4 is 11.8 Å². The average Bonchev–Trinajstić information content (AvgIpc) is 2.43. The van der Waals surface area contributed by atoms with Gasteiger partial charge >= 0.3 is 11.8 Å². The van der Waals surface area contributed by atoms with Crippen molar-refractivity contribution < 1.29 is 9.59 Å². The van der Waals surface area contributed by atoms with Gasteiger partial charge in [0.1, 0.15) is 0 Å². The summed E-state index contributed by atoms with van der Waals surface area (Å²) in [6.07, 6.45) is 8.79. The highest BCUT2D eigenvalue weighted by Crippen LogP contribution is 2.61. The third-order valence-corrected chi connectivity index (χ3v) is 6.09. The lowest BCUT2D eigenvalue weighted by molar-refractivity contribution is -0.141. The van der Waals surface area contributed by atoms with Gasteiger partial charge in [-0.2, -0.15) is 0 Å². The maximum Gasteiger partial charge on any atom is 0.309 e. The molecule has 118 valence electrons. The van der Waals surface area contributed by atoms with Gasteiger partial charge in [-0.15, -0.1) is 0 Å². The third-order valence-electron chi connectivity index (χ3n) is 6.09. The minimum absolute atomic E-state index is 0.116. The largest absolute Gasteiger partial charge is 0.348 e. The van der Waals surface area contributed by atoms with E-state index in [1.807, 2.05) is 6.92 Å². The summed E-state index contributed by atoms with van der Waals surface area (Å²) in [6, 6.07) is 0.116. The number of carbonyl (C=O) groups is 2. The molecule has 4 aliphatic rings. The van der Waals surface area contributed by atoms with Crippen LogP contribution < -0.4 is 10.6 Å². The van der Waals surface area contributed by atoms with Gasteiger partial charge in [-0.05, 0) is 75.0 Å². The fraction of sp³-hybridized carbons (Fsp3) is 0.882. The molecule has 4 fully saturated rings. The molecule has 4 heteroatoms. The molecule has 0 heterocycles. The van der Waals surface area contributed by atoms with Gasteiger partial charge in [-0.3, -0.25) is 9.59 Å². The molecule has 1 unspecified atom stereocenters. The highest BCUT2D eigenvalue weighted by atomic mass is 16.2. The highest BCUT2D eigenvalue weighted by molar-refractivity contribution is 6.35. The zero-order valence-electron chi connectivity index (χ0n) is 13.3. The van der Waals surface area contributed by atoms with Crippen LogP contribution in [0.5, 0.6) is 0 Å². The summed E-state index contributed by atoms with van der Waals surface area (Å²) in [4.78, 5) is 23.8. The van der Waals surface area contributed by atoms with E-state index < -0.39 is 11.8 Å². The normalized spacial score (nSPS) is 38.1. The molecule has 1 atom stereocenters. The van der Waals surface area contributed by atoms with Crippen LogP contribution in [0, 0.1) is 23.2 Å². The van der Waals surface area contributed by atoms with Crippen molar-refractivity contribution in [1.82, 2.24) is 10.6 Å². The SMILES string of the molecule is CCCNC(=O)C(=O)NC(C)C12CC3CC(CC(C3)C1)C2. The van der Waals surface area contributed by atoms with E-state index >= 15 is 0 Å². The number of nitrogens with one attached hydrogen (secondary N) is 2. The molecule has 0 saturated heterocycles. The maximum absolute atomic E-state index is 12.0. The van der Waals surface area contributed by atoms with E-state index in [9.17, 15) is 9.59 Å². The number of hydrogen-bond donors (Lipinski definition) is 2. The van der Waals surface area contributed by atoms with E-state index in [4.69, 9.17) is 0 Å². The van der Waals surface area contributed by atoms with Gasteiger partial charge in [0.05, 0.1) is 0 Å². The second-order valence-electron chi connectivity index (χ2n) is 7.73. The topological polar surface area (TPSA) is 58.2 Å². The van der Waals surface area contributed by atoms with Gasteiger partial charge in [-0.25, -0.2) is 0 Å². The lowest BCUT2D eigenvalue weighted by Gasteiger charge is -2.59. The first kappa shape index (κ1) is 14.9. The van der Waals surface area contributed by atoms with Crippen LogP contribution in [0.3, 0.4) is 0 Å². The molecular weight excluding hydrogens is 264 g/mol. The van der Waals surface area contributed by atoms with Crippen LogP contribution in [-0.2, 0) is 9.59 Å². The molecule has 0 spiro atoms. The Morgan fingerprint density at radius 1 is 1.05 bits per heavy atom. The second kappa shape index (κ2) is 5.62. The van der Waals surface area contributed by atoms with Crippen LogP contribution >= 0.6 is 0 Å². The Kier molecular flexibility index (Phi) is 3.98. The van der Waals surface area contributed by atoms with Crippen LogP contribution in [0.25, 0.3) is 0 Å². The summed E-state index contributed by atoms with van der Waals surface area (Å²) in [5, 5.41) is 5.65. The quantitative estimate of drug-likeness (QED) is 0.781. The molecule has 0 aromatic rings. The molecule has 0 aliphatic heterocycles. The van der Waals surface area contributed by atoms with Crippen LogP contribution in [0.1, 0.15) is 58.8 Å². The maximum atomic E-state index is 12.0. The summed E-state index contributed by atoms with van der Waals surface area (Å²) >= 11 is 0. The lowest BCUT2D eigenvalue weighted by Crippen LogP contribution is -2.57. The first-order valence-electron chi connectivity index (χ1n) is 8.61. The molecule has 4 saturated carbocycles. The van der Waals surface area contributed by atoms with Crippen molar-refractivity contribution in [3.05, 3.63) is 0 Å². The minimum Gasteiger partial charge on any atom is -0.348 e. The summed E-state index contributed by atoms with van der Waals surface area (Å²) in [6.45, 7) is 4.66. The number of carbonyl (C=O) groups excluding carboxylic acids is 2. The molecule has 4 aliphatic carbocycles. The van der Waals surface area contributed by atoms with Gasteiger partial charge in [0, 0.05) is 12.6 Å². The Morgan fingerprint density at radius 3 is 2.05 bits per heavy atom. The fourth-order valence-corrected chi connectivity index (χ4v) is 5.44. The Bertz CT molecular complexity index is 397. The van der Waals surface area contributed by atoms with Crippen molar-refractivity contribution in [2.75, 3.05) is 6.54 Å². The molecule has 4 nitrogen and oxygen atoms in total. The van der Waals surface area contributed by atoms with E-state index in [-0.39, 0.29) is 11.5 Å². The van der Waals surface area contributed by atoms with Crippen molar-refractivity contribution in [2.45, 2.75) is 64.8 Å².